The standard InChI is InChI=1S/C21H18F2N6O/c1-28-17(10-16(27-28)20(22)23)21(30)29-9-8-14-18(25-11-24-14)19(29)15-7-6-12-4-2-3-5-13(12)26-15/h2-7,10-11,19-20H,8-9H2,1H3,(H,24,25)/t19-/m1/s1. The molecule has 0 aliphatic carbocycles. The molecular formula is C21H18F2N6O. The van der Waals surface area contributed by atoms with Crippen LogP contribution in [0.15, 0.2) is 48.8 Å². The number of carbonyl (C=O) groups excluding carboxylic acids is 1. The first kappa shape index (κ1) is 18.4. The van der Waals surface area contributed by atoms with Gasteiger partial charge in [-0.25, -0.2) is 13.8 Å². The molecule has 0 bridgehead atoms. The lowest BCUT2D eigenvalue weighted by Crippen LogP contribution is -2.41. The second-order valence-corrected chi connectivity index (χ2v) is 7.22. The molecule has 0 saturated carbocycles. The van der Waals surface area contributed by atoms with Crippen molar-refractivity contribution in [2.45, 2.75) is 18.9 Å². The number of halogens is 2. The maximum atomic E-state index is 13.4. The molecule has 0 saturated heterocycles. The van der Waals surface area contributed by atoms with E-state index in [-0.39, 0.29) is 11.6 Å². The number of aromatic amines is 1. The highest BCUT2D eigenvalue weighted by Crippen LogP contribution is 2.34. The number of H-pyrrole nitrogens is 1. The van der Waals surface area contributed by atoms with E-state index in [1.165, 1.54) is 11.7 Å². The van der Waals surface area contributed by atoms with E-state index in [1.807, 2.05) is 36.4 Å². The topological polar surface area (TPSA) is 79.7 Å². The zero-order valence-electron chi connectivity index (χ0n) is 16.1. The molecule has 9 heteroatoms. The monoisotopic (exact) mass is 408 g/mol. The number of alkyl halides is 2. The minimum atomic E-state index is -2.74. The van der Waals surface area contributed by atoms with Gasteiger partial charge in [-0.3, -0.25) is 14.5 Å². The molecule has 0 fully saturated rings. The highest BCUT2D eigenvalue weighted by atomic mass is 19.3. The average molecular weight is 408 g/mol. The molecule has 1 atom stereocenters. The number of hydrogen-bond donors (Lipinski definition) is 1. The molecule has 152 valence electrons. The van der Waals surface area contributed by atoms with Crippen molar-refractivity contribution in [1.29, 1.82) is 0 Å². The summed E-state index contributed by atoms with van der Waals surface area (Å²) in [5.74, 6) is -0.384. The number of hydrogen-bond acceptors (Lipinski definition) is 4. The van der Waals surface area contributed by atoms with Crippen LogP contribution in [0, 0.1) is 0 Å². The van der Waals surface area contributed by atoms with Crippen molar-refractivity contribution in [2.75, 3.05) is 6.54 Å². The van der Waals surface area contributed by atoms with Crippen LogP contribution in [-0.2, 0) is 13.5 Å². The van der Waals surface area contributed by atoms with Crippen LogP contribution >= 0.6 is 0 Å². The molecule has 1 N–H and O–H groups in total. The van der Waals surface area contributed by atoms with Crippen molar-refractivity contribution in [1.82, 2.24) is 29.6 Å². The normalized spacial score (nSPS) is 16.3. The van der Waals surface area contributed by atoms with Gasteiger partial charge in [-0.2, -0.15) is 5.10 Å². The molecule has 0 unspecified atom stereocenters. The lowest BCUT2D eigenvalue weighted by molar-refractivity contribution is 0.0676. The van der Waals surface area contributed by atoms with Crippen LogP contribution in [0.25, 0.3) is 10.9 Å². The minimum Gasteiger partial charge on any atom is -0.348 e. The third-order valence-electron chi connectivity index (χ3n) is 5.43. The van der Waals surface area contributed by atoms with Crippen molar-refractivity contribution in [3.8, 4) is 0 Å². The number of para-hydroxylation sites is 1. The second kappa shape index (κ2) is 7.01. The zero-order chi connectivity index (χ0) is 20.8. The largest absolute Gasteiger partial charge is 0.348 e. The number of aryl methyl sites for hydroxylation is 1. The van der Waals surface area contributed by atoms with Crippen LogP contribution < -0.4 is 0 Å². The Labute approximate surface area is 170 Å². The van der Waals surface area contributed by atoms with Crippen molar-refractivity contribution < 1.29 is 13.6 Å². The number of nitrogens with zero attached hydrogens (tertiary/aromatic N) is 5. The van der Waals surface area contributed by atoms with Crippen LogP contribution in [-0.4, -0.2) is 42.1 Å². The number of pyridine rings is 1. The van der Waals surface area contributed by atoms with E-state index in [2.05, 4.69) is 15.1 Å². The predicted molar refractivity (Wildman–Crippen MR) is 105 cm³/mol. The Morgan fingerprint density at radius 3 is 2.87 bits per heavy atom. The highest BCUT2D eigenvalue weighted by Gasteiger charge is 2.36. The van der Waals surface area contributed by atoms with E-state index >= 15 is 0 Å². The van der Waals surface area contributed by atoms with Crippen LogP contribution in [0.4, 0.5) is 8.78 Å². The molecule has 30 heavy (non-hydrogen) atoms. The molecule has 1 aliphatic heterocycles. The third kappa shape index (κ3) is 2.94. The molecule has 5 rings (SSSR count). The fourth-order valence-electron chi connectivity index (χ4n) is 3.97. The molecule has 3 aromatic heterocycles. The summed E-state index contributed by atoms with van der Waals surface area (Å²) < 4.78 is 27.4. The molecule has 0 radical (unpaired) electrons. The van der Waals surface area contributed by atoms with Gasteiger partial charge >= 0.3 is 0 Å². The summed E-state index contributed by atoms with van der Waals surface area (Å²) in [6.07, 6.45) is -0.550. The summed E-state index contributed by atoms with van der Waals surface area (Å²) >= 11 is 0. The Balaban J connectivity index is 1.60. The van der Waals surface area contributed by atoms with Gasteiger partial charge in [-0.05, 0) is 18.2 Å². The molecule has 7 nitrogen and oxygen atoms in total. The summed E-state index contributed by atoms with van der Waals surface area (Å²) in [4.78, 5) is 27.4. The average Bonchev–Trinajstić information content (AvgIpc) is 3.38. The zero-order valence-corrected chi connectivity index (χ0v) is 16.1. The van der Waals surface area contributed by atoms with Gasteiger partial charge in [0.1, 0.15) is 17.4 Å². The first-order valence-corrected chi connectivity index (χ1v) is 9.54. The number of rotatable bonds is 3. The minimum absolute atomic E-state index is 0.107. The van der Waals surface area contributed by atoms with E-state index < -0.39 is 18.2 Å². The Morgan fingerprint density at radius 1 is 1.23 bits per heavy atom. The van der Waals surface area contributed by atoms with Gasteiger partial charge in [0.2, 0.25) is 0 Å². The first-order valence-electron chi connectivity index (χ1n) is 9.54. The van der Waals surface area contributed by atoms with Gasteiger partial charge in [-0.15, -0.1) is 0 Å². The third-order valence-corrected chi connectivity index (χ3v) is 5.43. The Bertz CT molecular complexity index is 1250. The summed E-state index contributed by atoms with van der Waals surface area (Å²) in [5.41, 5.74) is 2.83. The fourth-order valence-corrected chi connectivity index (χ4v) is 3.97. The number of amides is 1. The maximum absolute atomic E-state index is 13.4. The summed E-state index contributed by atoms with van der Waals surface area (Å²) in [5, 5.41) is 4.77. The number of fused-ring (bicyclic) bond motifs is 2. The first-order chi connectivity index (χ1) is 14.5. The van der Waals surface area contributed by atoms with Crippen LogP contribution in [0.1, 0.15) is 45.7 Å². The molecule has 4 heterocycles. The lowest BCUT2D eigenvalue weighted by Gasteiger charge is -2.34. The molecule has 4 aromatic rings. The van der Waals surface area contributed by atoms with Gasteiger partial charge in [-0.1, -0.05) is 24.3 Å². The number of benzene rings is 1. The van der Waals surface area contributed by atoms with Gasteiger partial charge in [0, 0.05) is 31.1 Å². The van der Waals surface area contributed by atoms with E-state index in [4.69, 9.17) is 4.98 Å². The fraction of sp³-hybridized carbons (Fsp3) is 0.238. The smallest absolute Gasteiger partial charge is 0.282 e. The molecular weight excluding hydrogens is 390 g/mol. The van der Waals surface area contributed by atoms with Gasteiger partial charge in [0.05, 0.1) is 23.2 Å². The molecule has 1 aromatic carbocycles. The van der Waals surface area contributed by atoms with Crippen molar-refractivity contribution in [2.24, 2.45) is 7.05 Å². The summed E-state index contributed by atoms with van der Waals surface area (Å²) in [7, 11) is 1.49. The van der Waals surface area contributed by atoms with Gasteiger partial charge < -0.3 is 9.88 Å². The maximum Gasteiger partial charge on any atom is 0.282 e. The van der Waals surface area contributed by atoms with E-state index in [1.54, 1.807) is 11.2 Å². The highest BCUT2D eigenvalue weighted by molar-refractivity contribution is 5.93. The van der Waals surface area contributed by atoms with Gasteiger partial charge in [0.25, 0.3) is 12.3 Å². The number of carbonyl (C=O) groups is 1. The Kier molecular flexibility index (Phi) is 4.30. The van der Waals surface area contributed by atoms with Crippen molar-refractivity contribution >= 4 is 16.8 Å². The summed E-state index contributed by atoms with van der Waals surface area (Å²) in [6.45, 7) is 0.405. The second-order valence-electron chi connectivity index (χ2n) is 7.22. The van der Waals surface area contributed by atoms with Crippen LogP contribution in [0.5, 0.6) is 0 Å². The van der Waals surface area contributed by atoms with Crippen molar-refractivity contribution in [3.63, 3.8) is 0 Å². The number of nitrogens with one attached hydrogen (secondary N) is 1. The van der Waals surface area contributed by atoms with E-state index in [0.29, 0.717) is 24.4 Å². The van der Waals surface area contributed by atoms with Crippen LogP contribution in [0.3, 0.4) is 0 Å². The van der Waals surface area contributed by atoms with E-state index in [9.17, 15) is 13.6 Å². The Hall–Kier alpha value is -3.62. The quantitative estimate of drug-likeness (QED) is 0.563. The van der Waals surface area contributed by atoms with Gasteiger partial charge in [0.15, 0.2) is 0 Å². The van der Waals surface area contributed by atoms with Crippen molar-refractivity contribution in [3.05, 3.63) is 77.3 Å². The Morgan fingerprint density at radius 2 is 2.07 bits per heavy atom. The molecule has 1 amide bonds. The predicted octanol–water partition coefficient (Wildman–Crippen LogP) is 3.42. The number of imidazole rings is 1. The summed E-state index contributed by atoms with van der Waals surface area (Å²) in [6, 6.07) is 12.2. The molecule has 1 aliphatic rings. The lowest BCUT2D eigenvalue weighted by atomic mass is 9.98. The molecule has 0 spiro atoms. The van der Waals surface area contributed by atoms with Crippen LogP contribution in [0.2, 0.25) is 0 Å². The number of aromatic nitrogens is 5. The SMILES string of the molecule is Cn1nc(C(F)F)cc1C(=O)N1CCc2[nH]cnc2[C@H]1c1ccc2ccccc2n1. The van der Waals surface area contributed by atoms with E-state index in [0.717, 1.165) is 22.7 Å².